The van der Waals surface area contributed by atoms with Crippen molar-refractivity contribution in [3.8, 4) is 147 Å². The maximum absolute atomic E-state index is 4.83. The second-order valence-corrected chi connectivity index (χ2v) is 27.1. The molecule has 0 fully saturated rings. The zero-order valence-electron chi connectivity index (χ0n) is 63.7. The zero-order chi connectivity index (χ0) is 77.3. The van der Waals surface area contributed by atoms with Crippen molar-refractivity contribution in [1.29, 1.82) is 0 Å². The first kappa shape index (κ1) is 75.1. The Balaban J connectivity index is 0.000000118. The van der Waals surface area contributed by atoms with Gasteiger partial charge < -0.3 is 0 Å². The molecule has 0 amide bonds. The Kier molecular flexibility index (Phi) is 24.8. The Labute approximate surface area is 661 Å². The molecule has 0 aliphatic rings. The van der Waals surface area contributed by atoms with Gasteiger partial charge in [-0.3, -0.25) is 0 Å². The SMILES string of the molecule is Cc1cc(-c2ccccc2)nc(-c2ccccc2)n1.Cc1ccc(-c2cc(-c3ccccc3)nc(-c3ccccc3)n2)cc1.Cc1ccc(-c2nc(-c3ccccc3)cc(-c3ccccc3)n2)cc1.Cc1cccc(-c2nc(-c3ccccc3)cc(-c3ccccc3)n2)c1.Cc1nc(-c2ccccc2)cc(-c2ccccc2)n1. The molecule has 0 aliphatic carbocycles. The summed E-state index contributed by atoms with van der Waals surface area (Å²) in [5.74, 6) is 3.82. The normalized spacial score (nSPS) is 10.5. The van der Waals surface area contributed by atoms with Gasteiger partial charge in [-0.2, -0.15) is 0 Å². The van der Waals surface area contributed by atoms with Gasteiger partial charge in [-0.15, -0.1) is 0 Å². The zero-order valence-corrected chi connectivity index (χ0v) is 63.7. The summed E-state index contributed by atoms with van der Waals surface area (Å²) >= 11 is 0. The van der Waals surface area contributed by atoms with Gasteiger partial charge in [-0.05, 0) is 71.0 Å². The van der Waals surface area contributed by atoms with Crippen molar-refractivity contribution in [3.05, 3.63) is 435 Å². The molecule has 13 aromatic carbocycles. The van der Waals surface area contributed by atoms with Crippen LogP contribution in [0.5, 0.6) is 0 Å². The topological polar surface area (TPSA) is 129 Å². The van der Waals surface area contributed by atoms with Crippen LogP contribution in [-0.2, 0) is 0 Å². The molecule has 0 atom stereocenters. The van der Waals surface area contributed by atoms with Crippen molar-refractivity contribution < 1.29 is 0 Å². The smallest absolute Gasteiger partial charge is 0.160 e. The first-order valence-corrected chi connectivity index (χ1v) is 37.7. The van der Waals surface area contributed by atoms with E-state index < -0.39 is 0 Å². The van der Waals surface area contributed by atoms with Gasteiger partial charge >= 0.3 is 0 Å². The molecule has 0 spiro atoms. The highest BCUT2D eigenvalue weighted by atomic mass is 14.9. The number of rotatable bonds is 13. The van der Waals surface area contributed by atoms with Crippen LogP contribution in [-0.4, -0.2) is 49.8 Å². The molecule has 0 bridgehead atoms. The van der Waals surface area contributed by atoms with Crippen LogP contribution in [0.2, 0.25) is 0 Å². The molecular formula is C103H82N10. The molecule has 18 aromatic rings. The lowest BCUT2D eigenvalue weighted by atomic mass is 10.1. The fraction of sp³-hybridized carbons (Fsp3) is 0.0485. The summed E-state index contributed by atoms with van der Waals surface area (Å²) in [4.78, 5) is 47.1. The molecule has 0 aliphatic heterocycles. The van der Waals surface area contributed by atoms with Crippen molar-refractivity contribution in [2.24, 2.45) is 0 Å². The monoisotopic (exact) mass is 1460 g/mol. The van der Waals surface area contributed by atoms with Crippen molar-refractivity contribution in [2.45, 2.75) is 34.6 Å². The van der Waals surface area contributed by atoms with Crippen molar-refractivity contribution in [1.82, 2.24) is 49.8 Å². The molecule has 10 nitrogen and oxygen atoms in total. The van der Waals surface area contributed by atoms with E-state index in [0.29, 0.717) is 0 Å². The van der Waals surface area contributed by atoms with E-state index in [2.05, 4.69) is 223 Å². The Morgan fingerprint density at radius 1 is 0.133 bits per heavy atom. The second kappa shape index (κ2) is 37.4. The molecule has 544 valence electrons. The van der Waals surface area contributed by atoms with Crippen LogP contribution >= 0.6 is 0 Å². The molecule has 5 aromatic heterocycles. The van der Waals surface area contributed by atoms with Gasteiger partial charge in [0.05, 0.1) is 51.2 Å². The molecular weight excluding hydrogens is 1380 g/mol. The van der Waals surface area contributed by atoms with Crippen molar-refractivity contribution >= 4 is 0 Å². The minimum Gasteiger partial charge on any atom is -0.233 e. The van der Waals surface area contributed by atoms with Crippen LogP contribution in [0.3, 0.4) is 0 Å². The quantitative estimate of drug-likeness (QED) is 0.110. The molecule has 0 saturated heterocycles. The molecule has 0 saturated carbocycles. The van der Waals surface area contributed by atoms with E-state index in [1.54, 1.807) is 0 Å². The molecule has 0 unspecified atom stereocenters. The first-order chi connectivity index (χ1) is 55.5. The van der Waals surface area contributed by atoms with Gasteiger partial charge in [0.1, 0.15) is 5.82 Å². The molecule has 18 rings (SSSR count). The maximum atomic E-state index is 4.83. The van der Waals surface area contributed by atoms with E-state index in [4.69, 9.17) is 29.9 Å². The summed E-state index contributed by atoms with van der Waals surface area (Å²) < 4.78 is 0. The lowest BCUT2D eigenvalue weighted by Crippen LogP contribution is -1.96. The fourth-order valence-corrected chi connectivity index (χ4v) is 12.6. The van der Waals surface area contributed by atoms with Crippen LogP contribution in [0.15, 0.2) is 406 Å². The minimum atomic E-state index is 0.748. The van der Waals surface area contributed by atoms with Crippen LogP contribution in [0.1, 0.15) is 28.2 Å². The molecule has 0 N–H and O–H groups in total. The predicted molar refractivity (Wildman–Crippen MR) is 465 cm³/mol. The van der Waals surface area contributed by atoms with Gasteiger partial charge in [0.15, 0.2) is 23.3 Å². The average molecular weight is 1460 g/mol. The summed E-state index contributed by atoms with van der Waals surface area (Å²) in [5, 5.41) is 0. The first-order valence-electron chi connectivity index (χ1n) is 37.7. The summed E-state index contributed by atoms with van der Waals surface area (Å²) in [6.07, 6.45) is 0. The average Bonchev–Trinajstić information content (AvgIpc) is 0.827. The number of aromatic nitrogens is 10. The Bertz CT molecular complexity index is 5450. The Morgan fingerprint density at radius 2 is 0.327 bits per heavy atom. The van der Waals surface area contributed by atoms with Crippen LogP contribution in [0.4, 0.5) is 0 Å². The van der Waals surface area contributed by atoms with E-state index in [9.17, 15) is 0 Å². The summed E-state index contributed by atoms with van der Waals surface area (Å²) in [6.45, 7) is 10.2. The van der Waals surface area contributed by atoms with E-state index in [0.717, 1.165) is 158 Å². The lowest BCUT2D eigenvalue weighted by molar-refractivity contribution is 1.06. The van der Waals surface area contributed by atoms with Gasteiger partial charge in [-0.25, -0.2) is 49.8 Å². The van der Waals surface area contributed by atoms with Crippen molar-refractivity contribution in [3.63, 3.8) is 0 Å². The van der Waals surface area contributed by atoms with Gasteiger partial charge in [0, 0.05) is 78.0 Å². The Morgan fingerprint density at radius 3 is 0.593 bits per heavy atom. The standard InChI is InChI=1S/3C23H18N2.2C17H14N2/c1-17-9-8-14-20(15-17)23-24-21(18-10-4-2-5-11-18)16-22(25-23)19-12-6-3-7-13-19;1-17-12-14-19(15-13-17)22-16-21(18-8-4-2-5-9-18)24-23(25-22)20-10-6-3-7-11-20;1-17-12-14-20(15-13-17)23-24-21(18-8-4-2-5-9-18)16-22(25-23)19-10-6-3-7-11-19;1-13-18-16(14-8-4-2-5-9-14)12-17(19-13)15-10-6-3-7-11-15;1-13-12-16(14-8-4-2-5-9-14)19-17(18-13)15-10-6-3-7-11-15/h3*2-16H,1H3;2*2-12H,1H3. The molecule has 5 heterocycles. The molecule has 0 radical (unpaired) electrons. The van der Waals surface area contributed by atoms with Crippen LogP contribution in [0, 0.1) is 34.6 Å². The highest BCUT2D eigenvalue weighted by Crippen LogP contribution is 2.33. The number of benzene rings is 13. The molecule has 10 heteroatoms. The van der Waals surface area contributed by atoms with Crippen LogP contribution < -0.4 is 0 Å². The number of hydrogen-bond acceptors (Lipinski definition) is 10. The summed E-state index contributed by atoms with van der Waals surface area (Å²) in [7, 11) is 0. The summed E-state index contributed by atoms with van der Waals surface area (Å²) in [5.41, 5.74) is 27.2. The highest BCUT2D eigenvalue weighted by molar-refractivity contribution is 5.76. The maximum Gasteiger partial charge on any atom is 0.160 e. The van der Waals surface area contributed by atoms with Crippen LogP contribution in [0.25, 0.3) is 147 Å². The molecule has 113 heavy (non-hydrogen) atoms. The van der Waals surface area contributed by atoms with E-state index in [1.165, 1.54) is 16.7 Å². The largest absolute Gasteiger partial charge is 0.233 e. The van der Waals surface area contributed by atoms with E-state index in [-0.39, 0.29) is 0 Å². The van der Waals surface area contributed by atoms with Crippen molar-refractivity contribution in [2.75, 3.05) is 0 Å². The Hall–Kier alpha value is -14.7. The van der Waals surface area contributed by atoms with E-state index in [1.807, 2.05) is 238 Å². The summed E-state index contributed by atoms with van der Waals surface area (Å²) in [6, 6.07) is 137. The lowest BCUT2D eigenvalue weighted by Gasteiger charge is -2.09. The highest BCUT2D eigenvalue weighted by Gasteiger charge is 2.15. The third-order valence-corrected chi connectivity index (χ3v) is 18.4. The van der Waals surface area contributed by atoms with Gasteiger partial charge in [0.25, 0.3) is 0 Å². The van der Waals surface area contributed by atoms with E-state index >= 15 is 0 Å². The second-order valence-electron chi connectivity index (χ2n) is 27.1. The minimum absolute atomic E-state index is 0.748. The third-order valence-electron chi connectivity index (χ3n) is 18.4. The van der Waals surface area contributed by atoms with Gasteiger partial charge in [-0.1, -0.05) is 387 Å². The van der Waals surface area contributed by atoms with Gasteiger partial charge in [0.2, 0.25) is 0 Å². The number of nitrogens with zero attached hydrogens (tertiary/aromatic N) is 10. The predicted octanol–water partition coefficient (Wildman–Crippen LogP) is 25.6. The third kappa shape index (κ3) is 20.5. The fourth-order valence-electron chi connectivity index (χ4n) is 12.6. The number of aryl methyl sites for hydroxylation is 5. The number of hydrogen-bond donors (Lipinski definition) is 0.